The molecule has 1 aliphatic rings. The molecule has 1 aliphatic heterocycles. The van der Waals surface area contributed by atoms with Crippen molar-refractivity contribution in [3.63, 3.8) is 0 Å². The molecule has 162 valence electrons. The minimum Gasteiger partial charge on any atom is -0.507 e. The zero-order chi connectivity index (χ0) is 21.7. The van der Waals surface area contributed by atoms with Gasteiger partial charge in [0.15, 0.2) is 0 Å². The molecule has 2 heterocycles. The number of rotatable bonds is 7. The second-order valence-corrected chi connectivity index (χ2v) is 9.95. The van der Waals surface area contributed by atoms with Crippen molar-refractivity contribution in [3.8, 4) is 5.75 Å². The fraction of sp³-hybridized carbons (Fsp3) is 0.400. The highest BCUT2D eigenvalue weighted by Crippen LogP contribution is 2.27. The number of aromatic hydroxyl groups is 1. The van der Waals surface area contributed by atoms with E-state index in [0.717, 1.165) is 5.56 Å². The number of nitrogens with one attached hydrogen (secondary N) is 1. The second kappa shape index (κ2) is 9.59. The maximum absolute atomic E-state index is 12.8. The van der Waals surface area contributed by atoms with Crippen molar-refractivity contribution in [1.82, 2.24) is 14.5 Å². The van der Waals surface area contributed by atoms with Crippen LogP contribution < -0.4 is 5.32 Å². The van der Waals surface area contributed by atoms with E-state index in [0.29, 0.717) is 30.9 Å². The van der Waals surface area contributed by atoms with E-state index >= 15 is 0 Å². The number of carbonyl (C=O) groups is 2. The molecule has 0 unspecified atom stereocenters. The molecule has 0 radical (unpaired) electrons. The third-order valence-electron chi connectivity index (χ3n) is 4.92. The van der Waals surface area contributed by atoms with Crippen molar-refractivity contribution in [2.75, 3.05) is 32.7 Å². The zero-order valence-electron chi connectivity index (χ0n) is 16.7. The molecule has 30 heavy (non-hydrogen) atoms. The van der Waals surface area contributed by atoms with Crippen LogP contribution in [0.25, 0.3) is 0 Å². The molecule has 2 amide bonds. The summed E-state index contributed by atoms with van der Waals surface area (Å²) in [6, 6.07) is 8.03. The number of phenolic OH excluding ortho intramolecular Hbond substituents is 1. The van der Waals surface area contributed by atoms with Crippen molar-refractivity contribution in [2.45, 2.75) is 24.7 Å². The summed E-state index contributed by atoms with van der Waals surface area (Å²) in [6.45, 7) is 3.12. The fourth-order valence-electron chi connectivity index (χ4n) is 3.24. The van der Waals surface area contributed by atoms with Gasteiger partial charge in [0, 0.05) is 39.1 Å². The molecular weight excluding hydrogens is 426 g/mol. The first-order valence-corrected chi connectivity index (χ1v) is 12.0. The summed E-state index contributed by atoms with van der Waals surface area (Å²) in [5.41, 5.74) is 0.742. The lowest BCUT2D eigenvalue weighted by Crippen LogP contribution is -2.50. The molecular formula is C20H25N3O5S2. The third-order valence-corrected chi connectivity index (χ3v) is 7.72. The number of thiophene rings is 1. The van der Waals surface area contributed by atoms with E-state index in [1.165, 1.54) is 27.8 Å². The van der Waals surface area contributed by atoms with Gasteiger partial charge in [0.25, 0.3) is 5.91 Å². The van der Waals surface area contributed by atoms with Gasteiger partial charge in [-0.25, -0.2) is 8.42 Å². The van der Waals surface area contributed by atoms with Crippen LogP contribution in [0.2, 0.25) is 0 Å². The van der Waals surface area contributed by atoms with Gasteiger partial charge >= 0.3 is 0 Å². The Morgan fingerprint density at radius 3 is 2.57 bits per heavy atom. The maximum atomic E-state index is 12.8. The van der Waals surface area contributed by atoms with E-state index in [1.54, 1.807) is 24.0 Å². The van der Waals surface area contributed by atoms with E-state index in [4.69, 9.17) is 0 Å². The average molecular weight is 452 g/mol. The first-order chi connectivity index (χ1) is 14.3. The van der Waals surface area contributed by atoms with Crippen molar-refractivity contribution in [1.29, 1.82) is 0 Å². The van der Waals surface area contributed by atoms with Crippen LogP contribution in [0.4, 0.5) is 0 Å². The number of nitrogens with zero attached hydrogens (tertiary/aromatic N) is 2. The van der Waals surface area contributed by atoms with Gasteiger partial charge in [-0.1, -0.05) is 12.1 Å². The minimum atomic E-state index is -3.82. The maximum Gasteiger partial charge on any atom is 0.261 e. The van der Waals surface area contributed by atoms with E-state index in [1.807, 2.05) is 11.4 Å². The van der Waals surface area contributed by atoms with Gasteiger partial charge in [-0.3, -0.25) is 9.59 Å². The van der Waals surface area contributed by atoms with Gasteiger partial charge < -0.3 is 15.3 Å². The minimum absolute atomic E-state index is 0.0594. The number of amides is 2. The molecule has 0 bridgehead atoms. The highest BCUT2D eigenvalue weighted by atomic mass is 32.2. The summed E-state index contributed by atoms with van der Waals surface area (Å²) >= 11 is 1.36. The Kier molecular flexibility index (Phi) is 7.11. The molecule has 2 N–H and O–H groups in total. The summed E-state index contributed by atoms with van der Waals surface area (Å²) in [5, 5.41) is 14.6. The molecule has 1 aromatic carbocycles. The first-order valence-electron chi connectivity index (χ1n) is 9.68. The van der Waals surface area contributed by atoms with Crippen molar-refractivity contribution >= 4 is 33.2 Å². The van der Waals surface area contributed by atoms with Gasteiger partial charge in [-0.05, 0) is 42.5 Å². The molecule has 10 heteroatoms. The van der Waals surface area contributed by atoms with Crippen LogP contribution in [0.5, 0.6) is 5.75 Å². The molecule has 0 saturated carbocycles. The van der Waals surface area contributed by atoms with Crippen molar-refractivity contribution < 1.29 is 23.1 Å². The molecule has 0 spiro atoms. The highest BCUT2D eigenvalue weighted by Gasteiger charge is 2.31. The van der Waals surface area contributed by atoms with E-state index in [9.17, 15) is 23.1 Å². The Morgan fingerprint density at radius 1 is 1.17 bits per heavy atom. The summed E-state index contributed by atoms with van der Waals surface area (Å²) in [7, 11) is -3.82. The summed E-state index contributed by atoms with van der Waals surface area (Å²) < 4.78 is 27.0. The number of hydrogen-bond donors (Lipinski definition) is 2. The Bertz CT molecular complexity index is 997. The molecule has 3 rings (SSSR count). The molecule has 1 aromatic heterocycles. The third kappa shape index (κ3) is 5.18. The van der Waals surface area contributed by atoms with Crippen LogP contribution in [0.3, 0.4) is 0 Å². The van der Waals surface area contributed by atoms with Crippen molar-refractivity contribution in [3.05, 3.63) is 46.2 Å². The molecule has 0 aliphatic carbocycles. The van der Waals surface area contributed by atoms with Crippen LogP contribution in [0.15, 0.2) is 40.6 Å². The SMILES string of the molecule is Cc1ccc(O)c(S(=O)(=O)N2CCN(C(=O)CCCNC(=O)c3cccs3)CC2)c1. The number of phenols is 1. The average Bonchev–Trinajstić information content (AvgIpc) is 3.27. The van der Waals surface area contributed by atoms with Crippen LogP contribution in [-0.2, 0) is 14.8 Å². The highest BCUT2D eigenvalue weighted by molar-refractivity contribution is 7.89. The van der Waals surface area contributed by atoms with Gasteiger partial charge in [0.1, 0.15) is 10.6 Å². The number of piperazine rings is 1. The molecule has 0 atom stereocenters. The number of benzene rings is 1. The largest absolute Gasteiger partial charge is 0.507 e. The standard InChI is InChI=1S/C20H25N3O5S2/c1-15-6-7-16(24)18(14-15)30(27,28)23-11-9-22(10-12-23)19(25)5-2-8-21-20(26)17-4-3-13-29-17/h3-4,6-7,13-14,24H,2,5,8-12H2,1H3,(H,21,26). The van der Waals surface area contributed by atoms with Gasteiger partial charge in [0.05, 0.1) is 4.88 Å². The molecule has 1 saturated heterocycles. The number of carbonyl (C=O) groups excluding carboxylic acids is 2. The second-order valence-electron chi connectivity index (χ2n) is 7.09. The molecule has 8 nitrogen and oxygen atoms in total. The van der Waals surface area contributed by atoms with Gasteiger partial charge in [0.2, 0.25) is 15.9 Å². The monoisotopic (exact) mass is 451 g/mol. The Hall–Kier alpha value is -2.43. The van der Waals surface area contributed by atoms with Crippen LogP contribution in [0, 0.1) is 6.92 Å². The van der Waals surface area contributed by atoms with Gasteiger partial charge in [-0.2, -0.15) is 4.31 Å². The fourth-order valence-corrected chi connectivity index (χ4v) is 5.47. The van der Waals surface area contributed by atoms with Gasteiger partial charge in [-0.15, -0.1) is 11.3 Å². The Labute approximate surface area is 180 Å². The van der Waals surface area contributed by atoms with E-state index in [-0.39, 0.29) is 42.0 Å². The zero-order valence-corrected chi connectivity index (χ0v) is 18.3. The molecule has 2 aromatic rings. The Balaban J connectivity index is 1.46. The quantitative estimate of drug-likeness (QED) is 0.625. The smallest absolute Gasteiger partial charge is 0.261 e. The summed E-state index contributed by atoms with van der Waals surface area (Å²) in [5.74, 6) is -0.477. The molecule has 1 fully saturated rings. The normalized spacial score (nSPS) is 15.2. The lowest BCUT2D eigenvalue weighted by Gasteiger charge is -2.34. The van der Waals surface area contributed by atoms with Crippen LogP contribution >= 0.6 is 11.3 Å². The predicted octanol–water partition coefficient (Wildman–Crippen LogP) is 1.81. The summed E-state index contributed by atoms with van der Waals surface area (Å²) in [6.07, 6.45) is 0.807. The lowest BCUT2D eigenvalue weighted by atomic mass is 10.2. The number of hydrogen-bond acceptors (Lipinski definition) is 6. The summed E-state index contributed by atoms with van der Waals surface area (Å²) in [4.78, 5) is 26.4. The van der Waals surface area contributed by atoms with Crippen LogP contribution in [-0.4, -0.2) is 67.3 Å². The lowest BCUT2D eigenvalue weighted by molar-refractivity contribution is -0.132. The first kappa shape index (κ1) is 22.3. The number of sulfonamides is 1. The van der Waals surface area contributed by atoms with Crippen molar-refractivity contribution in [2.24, 2.45) is 0 Å². The van der Waals surface area contributed by atoms with E-state index in [2.05, 4.69) is 5.32 Å². The Morgan fingerprint density at radius 2 is 1.90 bits per heavy atom. The van der Waals surface area contributed by atoms with E-state index < -0.39 is 10.0 Å². The predicted molar refractivity (Wildman–Crippen MR) is 114 cm³/mol. The van der Waals surface area contributed by atoms with Crippen LogP contribution in [0.1, 0.15) is 28.1 Å². The number of aryl methyl sites for hydroxylation is 1. The topological polar surface area (TPSA) is 107 Å².